The predicted molar refractivity (Wildman–Crippen MR) is 84.7 cm³/mol. The zero-order valence-corrected chi connectivity index (χ0v) is 14.7. The minimum absolute atomic E-state index is 0.118. The standard InChI is InChI=1S/C14H15NO6.C2HF3O2/c1-19-11-5-8-7(3-9(15)14(17)18)4-13(16)21-10(8)6-12(11)20-2;3-2(4,5)1(6)7/h4-6,9H,3,15H2,1-2H3,(H,17,18);(H,6,7)/t9-;/m0./s1. The van der Waals surface area contributed by atoms with E-state index in [1.807, 2.05) is 0 Å². The van der Waals surface area contributed by atoms with E-state index in [0.29, 0.717) is 28.0 Å². The number of carbonyl (C=O) groups is 2. The number of carboxylic acid groups (broad SMARTS) is 2. The average molecular weight is 407 g/mol. The van der Waals surface area contributed by atoms with Crippen molar-refractivity contribution in [2.75, 3.05) is 14.2 Å². The number of fused-ring (bicyclic) bond motifs is 1. The first-order chi connectivity index (χ1) is 12.9. The molecule has 0 radical (unpaired) electrons. The summed E-state index contributed by atoms with van der Waals surface area (Å²) in [5, 5.41) is 18.3. The van der Waals surface area contributed by atoms with Gasteiger partial charge in [0.25, 0.3) is 0 Å². The molecule has 0 aliphatic rings. The van der Waals surface area contributed by atoms with Gasteiger partial charge in [0.1, 0.15) is 11.6 Å². The van der Waals surface area contributed by atoms with Crippen molar-refractivity contribution in [2.24, 2.45) is 0 Å². The number of methoxy groups -OCH3 is 2. The summed E-state index contributed by atoms with van der Waals surface area (Å²) in [7, 11) is 2.96. The lowest BCUT2D eigenvalue weighted by Crippen LogP contribution is -2.66. The van der Waals surface area contributed by atoms with Crippen LogP contribution in [0.3, 0.4) is 0 Å². The second-order valence-electron chi connectivity index (χ2n) is 5.32. The SMILES string of the molecule is COc1cc2oc(=O)cc(C[C@H]([NH3+])C(=O)O)c2cc1OC.O=C([O-])C(F)(F)F. The Labute approximate surface area is 155 Å². The van der Waals surface area contributed by atoms with Crippen molar-refractivity contribution >= 4 is 22.9 Å². The smallest absolute Gasteiger partial charge is 0.430 e. The number of ether oxygens (including phenoxy) is 2. The van der Waals surface area contributed by atoms with E-state index in [2.05, 4.69) is 5.73 Å². The molecule has 1 heterocycles. The third-order valence-electron chi connectivity index (χ3n) is 3.38. The highest BCUT2D eigenvalue weighted by molar-refractivity contribution is 5.85. The highest BCUT2D eigenvalue weighted by atomic mass is 19.4. The number of quaternary nitrogens is 1. The molecule has 0 saturated heterocycles. The maximum atomic E-state index is 11.6. The number of halogens is 3. The molecule has 1 aromatic carbocycles. The monoisotopic (exact) mass is 407 g/mol. The molecule has 0 amide bonds. The lowest BCUT2D eigenvalue weighted by atomic mass is 10.0. The second-order valence-corrected chi connectivity index (χ2v) is 5.32. The molecule has 4 N–H and O–H groups in total. The van der Waals surface area contributed by atoms with Gasteiger partial charge in [0.15, 0.2) is 17.5 Å². The molecule has 0 bridgehead atoms. The molecule has 0 fully saturated rings. The maximum absolute atomic E-state index is 11.6. The summed E-state index contributed by atoms with van der Waals surface area (Å²) in [6.45, 7) is 0. The molecule has 28 heavy (non-hydrogen) atoms. The summed E-state index contributed by atoms with van der Waals surface area (Å²) < 4.78 is 47.0. The Morgan fingerprint density at radius 1 is 1.21 bits per heavy atom. The summed E-state index contributed by atoms with van der Waals surface area (Å²) in [6, 6.07) is 3.61. The first kappa shape index (κ1) is 22.8. The molecule has 0 spiro atoms. The highest BCUT2D eigenvalue weighted by Crippen LogP contribution is 2.33. The molecular weight excluding hydrogens is 391 g/mol. The van der Waals surface area contributed by atoms with Gasteiger partial charge in [-0.1, -0.05) is 0 Å². The molecule has 154 valence electrons. The number of carboxylic acids is 2. The van der Waals surface area contributed by atoms with Crippen LogP contribution in [0.25, 0.3) is 11.0 Å². The Morgan fingerprint density at radius 2 is 1.71 bits per heavy atom. The second kappa shape index (κ2) is 9.08. The number of hydrogen-bond acceptors (Lipinski definition) is 7. The number of benzene rings is 1. The Hall–Kier alpha value is -3.28. The number of aliphatic carboxylic acids is 2. The van der Waals surface area contributed by atoms with Crippen LogP contribution in [-0.2, 0) is 16.0 Å². The summed E-state index contributed by atoms with van der Waals surface area (Å²) in [6.07, 6.45) is -5.08. The van der Waals surface area contributed by atoms with E-state index in [1.165, 1.54) is 26.4 Å². The molecule has 0 saturated carbocycles. The fourth-order valence-electron chi connectivity index (χ4n) is 2.08. The van der Waals surface area contributed by atoms with E-state index in [4.69, 9.17) is 28.9 Å². The molecule has 0 unspecified atom stereocenters. The van der Waals surface area contributed by atoms with Crippen molar-refractivity contribution in [1.29, 1.82) is 0 Å². The van der Waals surface area contributed by atoms with Crippen LogP contribution in [0.4, 0.5) is 13.2 Å². The molecule has 1 aromatic heterocycles. The summed E-state index contributed by atoms with van der Waals surface area (Å²) in [4.78, 5) is 31.3. The first-order valence-corrected chi connectivity index (χ1v) is 7.43. The quantitative estimate of drug-likeness (QED) is 0.620. The van der Waals surface area contributed by atoms with E-state index in [1.54, 1.807) is 6.07 Å². The minimum Gasteiger partial charge on any atom is -0.542 e. The van der Waals surface area contributed by atoms with Gasteiger partial charge in [-0.25, -0.2) is 9.59 Å². The Morgan fingerprint density at radius 3 is 2.14 bits per heavy atom. The average Bonchev–Trinajstić information content (AvgIpc) is 2.59. The topological polar surface area (TPSA) is 154 Å². The minimum atomic E-state index is -5.19. The lowest BCUT2D eigenvalue weighted by molar-refractivity contribution is -0.407. The largest absolute Gasteiger partial charge is 0.542 e. The Kier molecular flexibility index (Phi) is 7.38. The van der Waals surface area contributed by atoms with Gasteiger partial charge in [-0.05, 0) is 11.6 Å². The molecule has 2 aromatic rings. The van der Waals surface area contributed by atoms with Crippen LogP contribution < -0.4 is 25.9 Å². The Balaban J connectivity index is 0.000000480. The van der Waals surface area contributed by atoms with Gasteiger partial charge in [-0.3, -0.25) is 0 Å². The predicted octanol–water partition coefficient (Wildman–Crippen LogP) is -0.654. The molecular formula is C16H16F3NO8. The lowest BCUT2D eigenvalue weighted by Gasteiger charge is -2.11. The van der Waals surface area contributed by atoms with Crippen LogP contribution in [0.2, 0.25) is 0 Å². The molecule has 12 heteroatoms. The van der Waals surface area contributed by atoms with Gasteiger partial charge in [-0.15, -0.1) is 0 Å². The first-order valence-electron chi connectivity index (χ1n) is 7.43. The van der Waals surface area contributed by atoms with Crippen LogP contribution in [0.15, 0.2) is 27.4 Å². The zero-order valence-electron chi connectivity index (χ0n) is 14.7. The third-order valence-corrected chi connectivity index (χ3v) is 3.38. The highest BCUT2D eigenvalue weighted by Gasteiger charge is 2.28. The molecule has 1 atom stereocenters. The van der Waals surface area contributed by atoms with Crippen LogP contribution >= 0.6 is 0 Å². The molecule has 0 aliphatic carbocycles. The van der Waals surface area contributed by atoms with Crippen molar-refractivity contribution in [3.63, 3.8) is 0 Å². The number of alkyl halides is 3. The van der Waals surface area contributed by atoms with Crippen molar-refractivity contribution in [3.05, 3.63) is 34.2 Å². The van der Waals surface area contributed by atoms with Gasteiger partial charge in [0.05, 0.1) is 14.2 Å². The van der Waals surface area contributed by atoms with Gasteiger partial charge >= 0.3 is 17.8 Å². The zero-order chi connectivity index (χ0) is 21.6. The van der Waals surface area contributed by atoms with Crippen LogP contribution in [0.1, 0.15) is 5.56 Å². The van der Waals surface area contributed by atoms with Gasteiger partial charge in [-0.2, -0.15) is 13.2 Å². The fourth-order valence-corrected chi connectivity index (χ4v) is 2.08. The fraction of sp³-hybridized carbons (Fsp3) is 0.312. The normalized spacial score (nSPS) is 11.9. The summed E-state index contributed by atoms with van der Waals surface area (Å²) >= 11 is 0. The van der Waals surface area contributed by atoms with Crippen LogP contribution in [-0.4, -0.2) is 43.5 Å². The van der Waals surface area contributed by atoms with E-state index < -0.39 is 29.8 Å². The Bertz CT molecular complexity index is 922. The third kappa shape index (κ3) is 5.87. The van der Waals surface area contributed by atoms with Crippen LogP contribution in [0, 0.1) is 0 Å². The number of hydrogen-bond donors (Lipinski definition) is 2. The number of rotatable bonds is 5. The van der Waals surface area contributed by atoms with Gasteiger partial charge in [0, 0.05) is 23.9 Å². The molecule has 0 aliphatic heterocycles. The van der Waals surface area contributed by atoms with Gasteiger partial charge in [0.2, 0.25) is 0 Å². The summed E-state index contributed by atoms with van der Waals surface area (Å²) in [5.41, 5.74) is 3.86. The van der Waals surface area contributed by atoms with Crippen molar-refractivity contribution < 1.29 is 52.6 Å². The van der Waals surface area contributed by atoms with E-state index in [-0.39, 0.29) is 6.42 Å². The van der Waals surface area contributed by atoms with Crippen molar-refractivity contribution in [1.82, 2.24) is 0 Å². The van der Waals surface area contributed by atoms with Crippen molar-refractivity contribution in [2.45, 2.75) is 18.6 Å². The number of carbonyl (C=O) groups excluding carboxylic acids is 1. The van der Waals surface area contributed by atoms with E-state index >= 15 is 0 Å². The van der Waals surface area contributed by atoms with Crippen molar-refractivity contribution in [3.8, 4) is 11.5 Å². The van der Waals surface area contributed by atoms with E-state index in [9.17, 15) is 22.8 Å². The van der Waals surface area contributed by atoms with E-state index in [0.717, 1.165) is 0 Å². The summed E-state index contributed by atoms with van der Waals surface area (Å²) in [5.74, 6) is -3.14. The molecule has 9 nitrogen and oxygen atoms in total. The maximum Gasteiger partial charge on any atom is 0.430 e. The van der Waals surface area contributed by atoms with Crippen LogP contribution in [0.5, 0.6) is 11.5 Å². The molecule has 2 rings (SSSR count). The van der Waals surface area contributed by atoms with Gasteiger partial charge < -0.3 is 34.6 Å².